The molecule has 2 aliphatic heterocycles. The second kappa shape index (κ2) is 25.2. The van der Waals surface area contributed by atoms with Gasteiger partial charge < -0.3 is 29.2 Å². The van der Waals surface area contributed by atoms with Gasteiger partial charge in [0.15, 0.2) is 22.3 Å². The van der Waals surface area contributed by atoms with Gasteiger partial charge in [-0.1, -0.05) is 29.9 Å². The normalized spacial score (nSPS) is 16.2. The van der Waals surface area contributed by atoms with Gasteiger partial charge >= 0.3 is 11.4 Å². The Bertz CT molecular complexity index is 3710. The number of hydrogen-bond acceptors (Lipinski definition) is 16. The lowest BCUT2D eigenvalue weighted by atomic mass is 10.2. The molecule has 4 fully saturated rings. The molecule has 2 saturated carbocycles. The summed E-state index contributed by atoms with van der Waals surface area (Å²) in [4.78, 5) is 63.5. The van der Waals surface area contributed by atoms with E-state index in [1.165, 1.54) is 51.1 Å². The van der Waals surface area contributed by atoms with Crippen molar-refractivity contribution in [2.24, 2.45) is 40.0 Å². The molecule has 0 radical (unpaired) electrons. The number of morpholine rings is 2. The van der Waals surface area contributed by atoms with Crippen LogP contribution in [0.2, 0.25) is 0 Å². The van der Waals surface area contributed by atoms with Gasteiger partial charge in [-0.3, -0.25) is 37.7 Å². The maximum absolute atomic E-state index is 12.9. The molecule has 412 valence electrons. The molecule has 77 heavy (non-hydrogen) atoms. The van der Waals surface area contributed by atoms with Crippen molar-refractivity contribution in [3.63, 3.8) is 0 Å². The Morgan fingerprint density at radius 2 is 1.08 bits per heavy atom. The molecule has 0 atom stereocenters. The van der Waals surface area contributed by atoms with Crippen molar-refractivity contribution >= 4 is 76.0 Å². The molecule has 2 aliphatic carbocycles. The van der Waals surface area contributed by atoms with Gasteiger partial charge in [-0.25, -0.2) is 26.4 Å². The number of sulfone groups is 2. The number of ether oxygens (including phenoxy) is 2. The molecule has 6 aromatic rings. The van der Waals surface area contributed by atoms with Gasteiger partial charge in [0.2, 0.25) is 30.0 Å². The molecule has 6 heterocycles. The molecular formula is C52H65IN12O10S2. The van der Waals surface area contributed by atoms with Crippen LogP contribution in [0.25, 0.3) is 22.3 Å². The van der Waals surface area contributed by atoms with E-state index in [1.807, 2.05) is 24.3 Å². The Morgan fingerprint density at radius 3 is 1.52 bits per heavy atom. The van der Waals surface area contributed by atoms with E-state index in [0.717, 1.165) is 129 Å². The number of rotatable bonds is 16. The molecule has 0 amide bonds. The van der Waals surface area contributed by atoms with E-state index < -0.39 is 42.2 Å². The molecule has 4 aliphatic rings. The lowest BCUT2D eigenvalue weighted by Crippen LogP contribution is -2.39. The Morgan fingerprint density at radius 1 is 0.636 bits per heavy atom. The summed E-state index contributed by atoms with van der Waals surface area (Å²) < 4.78 is 69.6. The summed E-state index contributed by atoms with van der Waals surface area (Å²) in [7, 11) is -1.68. The van der Waals surface area contributed by atoms with Gasteiger partial charge in [-0.05, 0) is 96.5 Å². The van der Waals surface area contributed by atoms with Gasteiger partial charge in [-0.15, -0.1) is 6.42 Å². The molecule has 0 bridgehead atoms. The summed E-state index contributed by atoms with van der Waals surface area (Å²) in [5, 5.41) is 6.46. The van der Waals surface area contributed by atoms with E-state index in [0.29, 0.717) is 0 Å². The lowest BCUT2D eigenvalue weighted by molar-refractivity contribution is 0.0398. The van der Waals surface area contributed by atoms with Crippen molar-refractivity contribution in [2.45, 2.75) is 49.1 Å². The minimum atomic E-state index is -3.70. The number of benzene rings is 2. The van der Waals surface area contributed by atoms with E-state index in [4.69, 9.17) is 15.9 Å². The smallest absolute Gasteiger partial charge is 0.333 e. The number of imidazole rings is 2. The molecule has 22 nitrogen and oxygen atoms in total. The van der Waals surface area contributed by atoms with Crippen molar-refractivity contribution < 1.29 is 26.3 Å². The van der Waals surface area contributed by atoms with Crippen LogP contribution >= 0.6 is 22.6 Å². The highest BCUT2D eigenvalue weighted by Crippen LogP contribution is 2.33. The Hall–Kier alpha value is -6.07. The number of aryl methyl sites for hydroxylation is 2. The molecule has 2 aromatic carbocycles. The van der Waals surface area contributed by atoms with Gasteiger partial charge in [0, 0.05) is 101 Å². The van der Waals surface area contributed by atoms with Gasteiger partial charge in [0.05, 0.1) is 51.0 Å². The summed E-state index contributed by atoms with van der Waals surface area (Å²) in [6, 6.07) is 16.2. The Labute approximate surface area is 460 Å². The predicted molar refractivity (Wildman–Crippen MR) is 303 cm³/mol. The number of terminal acetylenes is 1. The van der Waals surface area contributed by atoms with E-state index in [9.17, 15) is 36.0 Å². The van der Waals surface area contributed by atoms with E-state index >= 15 is 0 Å². The number of nitrogens with zero attached hydrogens (tertiary/aromatic N) is 10. The van der Waals surface area contributed by atoms with Crippen LogP contribution in [0.3, 0.4) is 0 Å². The standard InChI is InChI=1S/C26H32N6O5S.C14H16N4O4S.C12H17IN2O/c1-29-22-23(28-25(29)38(35,36)18-20-8-9-20)32(26(34)30(2)24(22)33)11-4-6-19-5-3-7-21(17-19)27-10-12-31-13-15-37-16-14-31;1-4-7-18-11-10(12(19)17(3)14(18)20)16(2)13(15-11)23(21,22)8-9-5-6-9;13-11-2-1-3-12(10-11)14-4-5-15-6-8-16-9-7-15/h3,5,7,17,20,27H,8-16,18H2,1-2H3;1,9H,5-8H2,2-3H3;1-3,10,14H,4-9H2. The summed E-state index contributed by atoms with van der Waals surface area (Å²) >= 11 is 2.33. The topological polar surface area (TPSA) is 241 Å². The molecular weight excluding hydrogens is 1140 g/mol. The minimum Gasteiger partial charge on any atom is -0.384 e. The van der Waals surface area contributed by atoms with Gasteiger partial charge in [0.25, 0.3) is 11.1 Å². The average Bonchev–Trinajstić information content (AvgIpc) is 4.36. The van der Waals surface area contributed by atoms with Crippen molar-refractivity contribution in [3.05, 3.63) is 99.3 Å². The summed E-state index contributed by atoms with van der Waals surface area (Å²) in [5.41, 5.74) is 0.673. The van der Waals surface area contributed by atoms with Crippen LogP contribution < -0.4 is 33.1 Å². The third-order valence-corrected chi connectivity index (χ3v) is 18.0. The zero-order chi connectivity index (χ0) is 55.0. The molecule has 25 heteroatoms. The SMILES string of the molecule is C#CCn1c(=O)n(C)c(=O)c2c1nc(S(=O)(=O)CC1CC1)n2C.Cn1c(=O)c2c(nc(S(=O)(=O)CC3CC3)n2C)n(CC#Cc2cccc(NCCN3CCOCC3)c2)c1=O.Ic1cccc(NCCN2CCOCC2)c1. The van der Waals surface area contributed by atoms with Crippen LogP contribution in [0.15, 0.2) is 78.0 Å². The summed E-state index contributed by atoms with van der Waals surface area (Å²) in [6.07, 6.45) is 8.77. The van der Waals surface area contributed by atoms with Crippen molar-refractivity contribution in [1.82, 2.24) is 47.2 Å². The monoisotopic (exact) mass is 1210 g/mol. The quantitative estimate of drug-likeness (QED) is 0.104. The molecule has 0 spiro atoms. The first kappa shape index (κ1) is 57.1. The van der Waals surface area contributed by atoms with Crippen LogP contribution in [-0.2, 0) is 70.4 Å². The maximum atomic E-state index is 12.9. The van der Waals surface area contributed by atoms with Crippen molar-refractivity contribution in [2.75, 3.05) is 101 Å². The highest BCUT2D eigenvalue weighted by atomic mass is 127. The fourth-order valence-electron chi connectivity index (χ4n) is 8.98. The van der Waals surface area contributed by atoms with Crippen LogP contribution in [-0.4, -0.2) is 154 Å². The number of hydrogen-bond donors (Lipinski definition) is 2. The lowest BCUT2D eigenvalue weighted by Gasteiger charge is -2.26. The largest absolute Gasteiger partial charge is 0.384 e. The molecule has 10 rings (SSSR count). The Kier molecular flexibility index (Phi) is 18.7. The highest BCUT2D eigenvalue weighted by molar-refractivity contribution is 14.1. The van der Waals surface area contributed by atoms with Crippen LogP contribution in [0.4, 0.5) is 11.4 Å². The van der Waals surface area contributed by atoms with Crippen LogP contribution in [0, 0.1) is 39.6 Å². The first-order valence-corrected chi connectivity index (χ1v) is 29.9. The zero-order valence-corrected chi connectivity index (χ0v) is 47.5. The molecule has 0 unspecified atom stereocenters. The summed E-state index contributed by atoms with van der Waals surface area (Å²) in [5.74, 6) is 8.65. The first-order chi connectivity index (χ1) is 36.9. The Balaban J connectivity index is 0.000000170. The number of aromatic nitrogens is 8. The first-order valence-electron chi connectivity index (χ1n) is 25.5. The number of halogens is 1. The maximum Gasteiger partial charge on any atom is 0.333 e. The number of anilines is 2. The summed E-state index contributed by atoms with van der Waals surface area (Å²) in [6.45, 7) is 11.0. The van der Waals surface area contributed by atoms with Crippen LogP contribution in [0.5, 0.6) is 0 Å². The fraction of sp³-hybridized carbons (Fsp3) is 0.500. The second-order valence-corrected chi connectivity index (χ2v) is 24.6. The van der Waals surface area contributed by atoms with E-state index in [2.05, 4.69) is 95.0 Å². The predicted octanol–water partition coefficient (Wildman–Crippen LogP) is 1.70. The van der Waals surface area contributed by atoms with Crippen LogP contribution in [0.1, 0.15) is 31.2 Å². The van der Waals surface area contributed by atoms with Crippen molar-refractivity contribution in [1.29, 1.82) is 0 Å². The van der Waals surface area contributed by atoms with E-state index in [1.54, 1.807) is 0 Å². The molecule has 2 N–H and O–H groups in total. The average molecular weight is 1210 g/mol. The highest BCUT2D eigenvalue weighted by Gasteiger charge is 2.35. The zero-order valence-electron chi connectivity index (χ0n) is 43.7. The molecule has 4 aromatic heterocycles. The number of nitrogens with one attached hydrogen (secondary N) is 2. The van der Waals surface area contributed by atoms with E-state index in [-0.39, 0.29) is 69.1 Å². The fourth-order valence-corrected chi connectivity index (χ4v) is 13.2. The second-order valence-electron chi connectivity index (χ2n) is 19.5. The third kappa shape index (κ3) is 14.2. The number of fused-ring (bicyclic) bond motifs is 2. The minimum absolute atomic E-state index is 0.00382. The van der Waals surface area contributed by atoms with Gasteiger partial charge in [0.1, 0.15) is 0 Å². The van der Waals surface area contributed by atoms with Crippen molar-refractivity contribution in [3.8, 4) is 24.2 Å². The third-order valence-electron chi connectivity index (χ3n) is 13.6. The van der Waals surface area contributed by atoms with Gasteiger partial charge in [-0.2, -0.15) is 9.97 Å². The molecule has 2 saturated heterocycles.